The summed E-state index contributed by atoms with van der Waals surface area (Å²) in [7, 11) is 0. The molecule has 0 radical (unpaired) electrons. The lowest BCUT2D eigenvalue weighted by molar-refractivity contribution is 0.136. The van der Waals surface area contributed by atoms with Crippen LogP contribution in [0.4, 0.5) is 0 Å². The zero-order valence-corrected chi connectivity index (χ0v) is 8.79. The molecule has 0 aromatic heterocycles. The van der Waals surface area contributed by atoms with Crippen molar-refractivity contribution >= 4 is 15.9 Å². The van der Waals surface area contributed by atoms with Crippen molar-refractivity contribution in [3.8, 4) is 0 Å². The molecular formula is C10H12BrNO. The van der Waals surface area contributed by atoms with Crippen LogP contribution in [0.1, 0.15) is 24.5 Å². The predicted molar refractivity (Wildman–Crippen MR) is 55.3 cm³/mol. The van der Waals surface area contributed by atoms with Crippen molar-refractivity contribution in [2.45, 2.75) is 24.5 Å². The van der Waals surface area contributed by atoms with Crippen molar-refractivity contribution < 1.29 is 5.11 Å². The van der Waals surface area contributed by atoms with Crippen LogP contribution in [0.15, 0.2) is 28.7 Å². The number of hydrogen-bond donors (Lipinski definition) is 2. The van der Waals surface area contributed by atoms with Gasteiger partial charge in [-0.1, -0.05) is 28.1 Å². The Morgan fingerprint density at radius 2 is 1.85 bits per heavy atom. The minimum absolute atomic E-state index is 0.353. The molecule has 3 N–H and O–H groups in total. The van der Waals surface area contributed by atoms with E-state index in [4.69, 9.17) is 5.73 Å². The van der Waals surface area contributed by atoms with Gasteiger partial charge in [0.25, 0.3) is 0 Å². The van der Waals surface area contributed by atoms with Gasteiger partial charge in [0.15, 0.2) is 0 Å². The highest BCUT2D eigenvalue weighted by molar-refractivity contribution is 9.10. The minimum atomic E-state index is -0.513. The van der Waals surface area contributed by atoms with Crippen LogP contribution in [0.25, 0.3) is 0 Å². The molecule has 2 nitrogen and oxygen atoms in total. The Morgan fingerprint density at radius 1 is 1.31 bits per heavy atom. The zero-order valence-electron chi connectivity index (χ0n) is 7.20. The number of aliphatic hydroxyl groups is 1. The van der Waals surface area contributed by atoms with Crippen LogP contribution < -0.4 is 5.73 Å². The number of hydrogen-bond acceptors (Lipinski definition) is 2. The summed E-state index contributed by atoms with van der Waals surface area (Å²) in [4.78, 5) is 0. The summed E-state index contributed by atoms with van der Waals surface area (Å²) < 4.78 is 1.02. The maximum Gasteiger partial charge on any atom is 0.0969 e. The molecule has 1 aromatic carbocycles. The van der Waals surface area contributed by atoms with Gasteiger partial charge in [0.05, 0.1) is 6.10 Å². The SMILES string of the molecule is NC1(C(O)c2ccc(Br)cc2)CC1. The second-order valence-electron chi connectivity index (χ2n) is 3.69. The first-order valence-corrected chi connectivity index (χ1v) is 5.13. The van der Waals surface area contributed by atoms with Crippen LogP contribution in [0, 0.1) is 0 Å². The molecule has 1 aliphatic rings. The third-order valence-corrected chi connectivity index (χ3v) is 3.09. The maximum atomic E-state index is 9.87. The highest BCUT2D eigenvalue weighted by atomic mass is 79.9. The number of benzene rings is 1. The third-order valence-electron chi connectivity index (χ3n) is 2.56. The normalized spacial score (nSPS) is 21.2. The molecule has 0 heterocycles. The molecule has 13 heavy (non-hydrogen) atoms. The lowest BCUT2D eigenvalue weighted by atomic mass is 10.0. The largest absolute Gasteiger partial charge is 0.386 e. The smallest absolute Gasteiger partial charge is 0.0969 e. The van der Waals surface area contributed by atoms with Gasteiger partial charge in [-0.2, -0.15) is 0 Å². The van der Waals surface area contributed by atoms with Gasteiger partial charge in [-0.15, -0.1) is 0 Å². The fraction of sp³-hybridized carbons (Fsp3) is 0.400. The van der Waals surface area contributed by atoms with E-state index in [-0.39, 0.29) is 5.54 Å². The van der Waals surface area contributed by atoms with E-state index in [1.54, 1.807) is 0 Å². The summed E-state index contributed by atoms with van der Waals surface area (Å²) in [5, 5.41) is 9.87. The van der Waals surface area contributed by atoms with E-state index in [0.717, 1.165) is 22.9 Å². The van der Waals surface area contributed by atoms with Gasteiger partial charge in [0, 0.05) is 10.0 Å². The quantitative estimate of drug-likeness (QED) is 0.832. The summed E-state index contributed by atoms with van der Waals surface area (Å²) in [6, 6.07) is 7.65. The highest BCUT2D eigenvalue weighted by Gasteiger charge is 2.45. The predicted octanol–water partition coefficient (Wildman–Crippen LogP) is 1.97. The van der Waals surface area contributed by atoms with Crippen molar-refractivity contribution in [2.75, 3.05) is 0 Å². The van der Waals surface area contributed by atoms with Crippen molar-refractivity contribution in [3.05, 3.63) is 34.3 Å². The Morgan fingerprint density at radius 3 is 2.31 bits per heavy atom. The van der Waals surface area contributed by atoms with Crippen LogP contribution in [0.2, 0.25) is 0 Å². The molecule has 0 amide bonds. The Kier molecular flexibility index (Phi) is 2.18. The summed E-state index contributed by atoms with van der Waals surface area (Å²) in [6.07, 6.45) is 1.33. The van der Waals surface area contributed by atoms with Crippen LogP contribution in [0.5, 0.6) is 0 Å². The van der Waals surface area contributed by atoms with Crippen LogP contribution in [-0.4, -0.2) is 10.6 Å². The van der Waals surface area contributed by atoms with E-state index >= 15 is 0 Å². The summed E-state index contributed by atoms with van der Waals surface area (Å²) in [6.45, 7) is 0. The number of aliphatic hydroxyl groups excluding tert-OH is 1. The van der Waals surface area contributed by atoms with Gasteiger partial charge in [-0.25, -0.2) is 0 Å². The third kappa shape index (κ3) is 1.77. The van der Waals surface area contributed by atoms with Crippen LogP contribution in [0.3, 0.4) is 0 Å². The zero-order chi connectivity index (χ0) is 9.47. The van der Waals surface area contributed by atoms with E-state index in [9.17, 15) is 5.11 Å². The molecule has 1 unspecified atom stereocenters. The Hall–Kier alpha value is -0.380. The van der Waals surface area contributed by atoms with Gasteiger partial charge in [-0.05, 0) is 30.5 Å². The van der Waals surface area contributed by atoms with Crippen LogP contribution >= 0.6 is 15.9 Å². The van der Waals surface area contributed by atoms with E-state index in [0.29, 0.717) is 0 Å². The highest BCUT2D eigenvalue weighted by Crippen LogP contribution is 2.43. The van der Waals surface area contributed by atoms with Gasteiger partial charge < -0.3 is 10.8 Å². The first-order chi connectivity index (χ1) is 6.12. The van der Waals surface area contributed by atoms with Gasteiger partial charge in [0.2, 0.25) is 0 Å². The lowest BCUT2D eigenvalue weighted by Crippen LogP contribution is -2.30. The fourth-order valence-electron chi connectivity index (χ4n) is 1.39. The second-order valence-corrected chi connectivity index (χ2v) is 4.60. The van der Waals surface area contributed by atoms with E-state index in [2.05, 4.69) is 15.9 Å². The molecule has 1 saturated carbocycles. The average molecular weight is 242 g/mol. The Bertz CT molecular complexity index is 305. The molecular weight excluding hydrogens is 230 g/mol. The second kappa shape index (κ2) is 3.08. The molecule has 0 saturated heterocycles. The first-order valence-electron chi connectivity index (χ1n) is 4.34. The van der Waals surface area contributed by atoms with Crippen molar-refractivity contribution in [1.29, 1.82) is 0 Å². The standard InChI is InChI=1S/C10H12BrNO/c11-8-3-1-7(2-4-8)9(13)10(12)5-6-10/h1-4,9,13H,5-6,12H2. The first kappa shape index (κ1) is 9.19. The summed E-state index contributed by atoms with van der Waals surface area (Å²) >= 11 is 3.35. The molecule has 3 heteroatoms. The lowest BCUT2D eigenvalue weighted by Gasteiger charge is -2.17. The topological polar surface area (TPSA) is 46.2 Å². The summed E-state index contributed by atoms with van der Waals surface area (Å²) in [5.74, 6) is 0. The molecule has 0 aliphatic heterocycles. The van der Waals surface area contributed by atoms with Crippen molar-refractivity contribution in [1.82, 2.24) is 0 Å². The molecule has 1 aliphatic carbocycles. The van der Waals surface area contributed by atoms with Gasteiger partial charge in [0.1, 0.15) is 0 Å². The molecule has 1 fully saturated rings. The fourth-order valence-corrected chi connectivity index (χ4v) is 1.66. The molecule has 2 rings (SSSR count). The Balaban J connectivity index is 2.20. The van der Waals surface area contributed by atoms with E-state index in [1.807, 2.05) is 24.3 Å². The minimum Gasteiger partial charge on any atom is -0.386 e. The molecule has 0 bridgehead atoms. The van der Waals surface area contributed by atoms with Crippen molar-refractivity contribution in [3.63, 3.8) is 0 Å². The van der Waals surface area contributed by atoms with E-state index < -0.39 is 6.10 Å². The monoisotopic (exact) mass is 241 g/mol. The van der Waals surface area contributed by atoms with Crippen LogP contribution in [-0.2, 0) is 0 Å². The number of rotatable bonds is 2. The maximum absolute atomic E-state index is 9.87. The summed E-state index contributed by atoms with van der Waals surface area (Å²) in [5.41, 5.74) is 6.45. The molecule has 1 aromatic rings. The average Bonchev–Trinajstić information content (AvgIpc) is 2.85. The molecule has 1 atom stereocenters. The number of nitrogens with two attached hydrogens (primary N) is 1. The van der Waals surface area contributed by atoms with E-state index in [1.165, 1.54) is 0 Å². The van der Waals surface area contributed by atoms with Gasteiger partial charge in [-0.3, -0.25) is 0 Å². The number of halogens is 1. The Labute approximate surface area is 85.9 Å². The molecule has 0 spiro atoms. The van der Waals surface area contributed by atoms with Gasteiger partial charge >= 0.3 is 0 Å². The van der Waals surface area contributed by atoms with Crippen molar-refractivity contribution in [2.24, 2.45) is 5.73 Å². The molecule has 70 valence electrons.